The summed E-state index contributed by atoms with van der Waals surface area (Å²) in [6, 6.07) is 2.23. The van der Waals surface area contributed by atoms with E-state index in [1.807, 2.05) is 11.4 Å². The van der Waals surface area contributed by atoms with Crippen molar-refractivity contribution in [2.45, 2.75) is 32.4 Å². The van der Waals surface area contributed by atoms with Gasteiger partial charge in [0.05, 0.1) is 11.1 Å². The predicted octanol–water partition coefficient (Wildman–Crippen LogP) is 3.39. The maximum Gasteiger partial charge on any atom is 0.0611 e. The van der Waals surface area contributed by atoms with E-state index in [9.17, 15) is 0 Å². The Hall–Kier alpha value is -0.0900. The molecule has 0 aliphatic rings. The first kappa shape index (κ1) is 14.0. The molecule has 92 valence electrons. The molecule has 0 aliphatic carbocycles. The van der Waals surface area contributed by atoms with Crippen LogP contribution >= 0.6 is 22.9 Å². The van der Waals surface area contributed by atoms with Crippen molar-refractivity contribution < 1.29 is 0 Å². The van der Waals surface area contributed by atoms with Gasteiger partial charge < -0.3 is 10.2 Å². The Morgan fingerprint density at radius 3 is 2.50 bits per heavy atom. The summed E-state index contributed by atoms with van der Waals surface area (Å²) in [4.78, 5) is 3.46. The minimum absolute atomic E-state index is 0.0322. The third-order valence-electron chi connectivity index (χ3n) is 3.17. The Balaban J connectivity index is 3.05. The highest BCUT2D eigenvalue weighted by Gasteiger charge is 2.34. The molecule has 0 saturated carbocycles. The van der Waals surface area contributed by atoms with Gasteiger partial charge in [-0.1, -0.05) is 18.5 Å². The third-order valence-corrected chi connectivity index (χ3v) is 4.60. The number of nitrogens with zero attached hydrogens (tertiary/aromatic N) is 1. The summed E-state index contributed by atoms with van der Waals surface area (Å²) in [5.74, 6) is 0. The Labute approximate surface area is 108 Å². The van der Waals surface area contributed by atoms with Crippen LogP contribution in [-0.4, -0.2) is 31.1 Å². The molecule has 2 nitrogen and oxygen atoms in total. The molecule has 1 unspecified atom stereocenters. The highest BCUT2D eigenvalue weighted by molar-refractivity contribution is 7.10. The lowest BCUT2D eigenvalue weighted by molar-refractivity contribution is 0.141. The van der Waals surface area contributed by atoms with Crippen molar-refractivity contribution in [2.24, 2.45) is 0 Å². The standard InChI is InChI=1S/C12H21ClN2S/c1-6-14-11(12(2,3)15(4)5)10-9(13)7-8-16-10/h7-8,11,14H,6H2,1-5H3. The topological polar surface area (TPSA) is 15.3 Å². The summed E-state index contributed by atoms with van der Waals surface area (Å²) in [6.45, 7) is 7.53. The molecule has 1 aromatic heterocycles. The third kappa shape index (κ3) is 2.77. The van der Waals surface area contributed by atoms with E-state index in [2.05, 4.69) is 45.1 Å². The predicted molar refractivity (Wildman–Crippen MR) is 73.5 cm³/mol. The molecule has 0 fully saturated rings. The van der Waals surface area contributed by atoms with E-state index in [1.165, 1.54) is 4.88 Å². The van der Waals surface area contributed by atoms with Gasteiger partial charge in [-0.15, -0.1) is 11.3 Å². The molecule has 0 saturated heterocycles. The van der Waals surface area contributed by atoms with Crippen LogP contribution in [0.15, 0.2) is 11.4 Å². The first-order chi connectivity index (χ1) is 7.41. The minimum atomic E-state index is 0.0322. The van der Waals surface area contributed by atoms with Gasteiger partial charge in [0.15, 0.2) is 0 Å². The molecule has 4 heteroatoms. The second-order valence-electron chi connectivity index (χ2n) is 4.67. The maximum atomic E-state index is 6.23. The van der Waals surface area contributed by atoms with Crippen LogP contribution in [0.25, 0.3) is 0 Å². The van der Waals surface area contributed by atoms with Crippen molar-refractivity contribution in [1.29, 1.82) is 0 Å². The maximum absolute atomic E-state index is 6.23. The molecule has 16 heavy (non-hydrogen) atoms. The molecule has 1 N–H and O–H groups in total. The average molecular weight is 261 g/mol. The van der Waals surface area contributed by atoms with Crippen molar-refractivity contribution >= 4 is 22.9 Å². The van der Waals surface area contributed by atoms with Crippen LogP contribution < -0.4 is 5.32 Å². The summed E-state index contributed by atoms with van der Waals surface area (Å²) in [6.07, 6.45) is 0. The number of thiophene rings is 1. The Kier molecular flexibility index (Phi) is 4.80. The molecule has 0 aromatic carbocycles. The SMILES string of the molecule is CCNC(c1sccc1Cl)C(C)(C)N(C)C. The van der Waals surface area contributed by atoms with E-state index in [1.54, 1.807) is 11.3 Å². The van der Waals surface area contributed by atoms with E-state index in [0.29, 0.717) is 0 Å². The van der Waals surface area contributed by atoms with Crippen LogP contribution in [0.2, 0.25) is 5.02 Å². The lowest BCUT2D eigenvalue weighted by Crippen LogP contribution is -2.49. The first-order valence-corrected chi connectivity index (χ1v) is 6.80. The summed E-state index contributed by atoms with van der Waals surface area (Å²) >= 11 is 7.95. The number of nitrogens with one attached hydrogen (secondary N) is 1. The minimum Gasteiger partial charge on any atom is -0.308 e. The van der Waals surface area contributed by atoms with E-state index in [4.69, 9.17) is 11.6 Å². The van der Waals surface area contributed by atoms with Gasteiger partial charge in [-0.3, -0.25) is 0 Å². The van der Waals surface area contributed by atoms with Gasteiger partial charge in [0.2, 0.25) is 0 Å². The molecule has 1 atom stereocenters. The van der Waals surface area contributed by atoms with E-state index < -0.39 is 0 Å². The van der Waals surface area contributed by atoms with Gasteiger partial charge in [-0.05, 0) is 45.9 Å². The summed E-state index contributed by atoms with van der Waals surface area (Å²) in [7, 11) is 4.21. The summed E-state index contributed by atoms with van der Waals surface area (Å²) in [5, 5.41) is 6.45. The van der Waals surface area contributed by atoms with Crippen molar-refractivity contribution in [3.63, 3.8) is 0 Å². The van der Waals surface area contributed by atoms with Crippen LogP contribution in [0, 0.1) is 0 Å². The average Bonchev–Trinajstić information content (AvgIpc) is 2.60. The molecule has 0 amide bonds. The molecule has 0 bridgehead atoms. The molecule has 0 aliphatic heterocycles. The Morgan fingerprint density at radius 2 is 2.12 bits per heavy atom. The smallest absolute Gasteiger partial charge is 0.0611 e. The van der Waals surface area contributed by atoms with Gasteiger partial charge >= 0.3 is 0 Å². The fourth-order valence-corrected chi connectivity index (χ4v) is 3.06. The number of hydrogen-bond donors (Lipinski definition) is 1. The number of rotatable bonds is 5. The van der Waals surface area contributed by atoms with Crippen LogP contribution in [0.3, 0.4) is 0 Å². The van der Waals surface area contributed by atoms with Gasteiger partial charge in [-0.25, -0.2) is 0 Å². The number of halogens is 1. The zero-order valence-electron chi connectivity index (χ0n) is 10.7. The largest absolute Gasteiger partial charge is 0.308 e. The molecule has 0 spiro atoms. The fourth-order valence-electron chi connectivity index (χ4n) is 1.64. The van der Waals surface area contributed by atoms with Crippen molar-refractivity contribution in [2.75, 3.05) is 20.6 Å². The van der Waals surface area contributed by atoms with Crippen molar-refractivity contribution in [3.05, 3.63) is 21.3 Å². The number of hydrogen-bond acceptors (Lipinski definition) is 3. The van der Waals surface area contributed by atoms with Crippen molar-refractivity contribution in [1.82, 2.24) is 10.2 Å². The summed E-state index contributed by atoms with van der Waals surface area (Å²) < 4.78 is 0. The lowest BCUT2D eigenvalue weighted by atomic mass is 9.92. The fraction of sp³-hybridized carbons (Fsp3) is 0.667. The normalized spacial score (nSPS) is 14.4. The van der Waals surface area contributed by atoms with Gasteiger partial charge in [0, 0.05) is 10.4 Å². The second-order valence-corrected chi connectivity index (χ2v) is 6.03. The monoisotopic (exact) mass is 260 g/mol. The van der Waals surface area contributed by atoms with Crippen LogP contribution in [-0.2, 0) is 0 Å². The highest BCUT2D eigenvalue weighted by Crippen LogP contribution is 2.36. The van der Waals surface area contributed by atoms with Crippen LogP contribution in [0.1, 0.15) is 31.7 Å². The Bertz CT molecular complexity index is 334. The zero-order chi connectivity index (χ0) is 12.3. The van der Waals surface area contributed by atoms with Crippen LogP contribution in [0.5, 0.6) is 0 Å². The lowest BCUT2D eigenvalue weighted by Gasteiger charge is -2.40. The molecular weight excluding hydrogens is 240 g/mol. The molecule has 1 aromatic rings. The van der Waals surface area contributed by atoms with Gasteiger partial charge in [0.25, 0.3) is 0 Å². The molecule has 1 heterocycles. The van der Waals surface area contributed by atoms with E-state index in [-0.39, 0.29) is 11.6 Å². The van der Waals surface area contributed by atoms with E-state index in [0.717, 1.165) is 11.6 Å². The van der Waals surface area contributed by atoms with E-state index >= 15 is 0 Å². The second kappa shape index (κ2) is 5.50. The van der Waals surface area contributed by atoms with Gasteiger partial charge in [-0.2, -0.15) is 0 Å². The van der Waals surface area contributed by atoms with Crippen LogP contribution in [0.4, 0.5) is 0 Å². The zero-order valence-corrected chi connectivity index (χ0v) is 12.2. The highest BCUT2D eigenvalue weighted by atomic mass is 35.5. The molecular formula is C12H21ClN2S. The molecule has 1 rings (SSSR count). The molecule has 0 radical (unpaired) electrons. The number of likely N-dealkylation sites (N-methyl/N-ethyl adjacent to an activating group) is 2. The first-order valence-electron chi connectivity index (χ1n) is 5.55. The summed E-state index contributed by atoms with van der Waals surface area (Å²) in [5.41, 5.74) is 0.0322. The van der Waals surface area contributed by atoms with Crippen molar-refractivity contribution in [3.8, 4) is 0 Å². The Morgan fingerprint density at radius 1 is 1.50 bits per heavy atom. The van der Waals surface area contributed by atoms with Gasteiger partial charge in [0.1, 0.15) is 0 Å². The quantitative estimate of drug-likeness (QED) is 0.873.